The molecule has 0 spiro atoms. The predicted octanol–water partition coefficient (Wildman–Crippen LogP) is 1.96. The first-order chi connectivity index (χ1) is 9.17. The molecule has 20 heavy (non-hydrogen) atoms. The maximum Gasteiger partial charge on any atom is 0.175 e. The monoisotopic (exact) mass is 299 g/mol. The summed E-state index contributed by atoms with van der Waals surface area (Å²) in [4.78, 5) is 0.309. The first-order valence-electron chi connectivity index (χ1n) is 6.52. The molecule has 0 aliphatic carbocycles. The van der Waals surface area contributed by atoms with Crippen LogP contribution in [0.15, 0.2) is 23.1 Å². The Morgan fingerprint density at radius 2 is 1.85 bits per heavy atom. The highest BCUT2D eigenvalue weighted by molar-refractivity contribution is 7.90. The molecule has 0 atom stereocenters. The molecule has 0 aromatic heterocycles. The van der Waals surface area contributed by atoms with Gasteiger partial charge in [0.15, 0.2) is 15.6 Å². The molecule has 1 aromatic rings. The smallest absolute Gasteiger partial charge is 0.175 e. The molecule has 1 aromatic carbocycles. The van der Waals surface area contributed by atoms with Crippen LogP contribution >= 0.6 is 0 Å². The summed E-state index contributed by atoms with van der Waals surface area (Å²) in [6.07, 6.45) is 1.21. The Bertz CT molecular complexity index is 585. The third-order valence-corrected chi connectivity index (χ3v) is 4.37. The highest BCUT2D eigenvalue weighted by Gasteiger charge is 2.28. The number of benzene rings is 1. The Hall–Kier alpha value is -1.11. The zero-order chi connectivity index (χ0) is 15.0. The van der Waals surface area contributed by atoms with Gasteiger partial charge in [0.1, 0.15) is 0 Å². The number of hydrogen-bond acceptors (Lipinski definition) is 5. The lowest BCUT2D eigenvalue weighted by Gasteiger charge is -2.35. The quantitative estimate of drug-likeness (QED) is 0.924. The number of hydrogen-bond donors (Lipinski definition) is 1. The summed E-state index contributed by atoms with van der Waals surface area (Å²) >= 11 is 0. The van der Waals surface area contributed by atoms with Crippen LogP contribution in [0.5, 0.6) is 0 Å². The Morgan fingerprint density at radius 3 is 2.40 bits per heavy atom. The van der Waals surface area contributed by atoms with Crippen LogP contribution in [0.1, 0.15) is 19.4 Å². The Labute approximate surface area is 120 Å². The summed E-state index contributed by atoms with van der Waals surface area (Å²) in [5.74, 6) is -0.554. The van der Waals surface area contributed by atoms with Crippen LogP contribution in [0.3, 0.4) is 0 Å². The fraction of sp³-hybridized carbons (Fsp3) is 0.571. The van der Waals surface area contributed by atoms with E-state index in [1.54, 1.807) is 18.2 Å². The van der Waals surface area contributed by atoms with Gasteiger partial charge in [-0.05, 0) is 38.5 Å². The first kappa shape index (κ1) is 15.3. The summed E-state index contributed by atoms with van der Waals surface area (Å²) < 4.78 is 34.4. The molecule has 0 amide bonds. The van der Waals surface area contributed by atoms with Crippen molar-refractivity contribution >= 4 is 15.5 Å². The number of anilines is 1. The molecule has 1 fully saturated rings. The summed E-state index contributed by atoms with van der Waals surface area (Å²) in [7, 11) is -3.20. The Kier molecular flexibility index (Phi) is 4.09. The van der Waals surface area contributed by atoms with Crippen molar-refractivity contribution in [3.05, 3.63) is 23.8 Å². The van der Waals surface area contributed by atoms with E-state index in [-0.39, 0.29) is 6.04 Å². The normalized spacial score (nSPS) is 19.8. The lowest BCUT2D eigenvalue weighted by molar-refractivity contribution is -0.247. The van der Waals surface area contributed by atoms with E-state index in [1.807, 2.05) is 20.8 Å². The third kappa shape index (κ3) is 3.71. The lowest BCUT2D eigenvalue weighted by atomic mass is 10.1. The number of rotatable bonds is 3. The van der Waals surface area contributed by atoms with Crippen molar-refractivity contribution in [2.75, 3.05) is 24.8 Å². The molecule has 1 saturated heterocycles. The van der Waals surface area contributed by atoms with Crippen molar-refractivity contribution in [1.29, 1.82) is 0 Å². The average molecular weight is 299 g/mol. The van der Waals surface area contributed by atoms with Gasteiger partial charge < -0.3 is 14.8 Å². The van der Waals surface area contributed by atoms with Crippen molar-refractivity contribution in [2.24, 2.45) is 0 Å². The summed E-state index contributed by atoms with van der Waals surface area (Å²) in [5, 5.41) is 3.28. The highest BCUT2D eigenvalue weighted by Crippen LogP contribution is 2.23. The second-order valence-electron chi connectivity index (χ2n) is 5.61. The average Bonchev–Trinajstić information content (AvgIpc) is 2.33. The van der Waals surface area contributed by atoms with Gasteiger partial charge in [-0.2, -0.15) is 0 Å². The fourth-order valence-corrected chi connectivity index (χ4v) is 2.63. The van der Waals surface area contributed by atoms with Crippen molar-refractivity contribution in [3.8, 4) is 0 Å². The maximum atomic E-state index is 11.6. The molecule has 5 nitrogen and oxygen atoms in total. The molecule has 0 saturated carbocycles. The zero-order valence-corrected chi connectivity index (χ0v) is 13.1. The van der Waals surface area contributed by atoms with Gasteiger partial charge in [0.2, 0.25) is 0 Å². The molecule has 112 valence electrons. The second kappa shape index (κ2) is 5.35. The topological polar surface area (TPSA) is 64.6 Å². The summed E-state index contributed by atoms with van der Waals surface area (Å²) in [6.45, 7) is 6.73. The minimum atomic E-state index is -3.20. The van der Waals surface area contributed by atoms with Crippen LogP contribution in [0.25, 0.3) is 0 Å². The van der Waals surface area contributed by atoms with Gasteiger partial charge in [-0.3, -0.25) is 0 Å². The molecule has 0 unspecified atom stereocenters. The van der Waals surface area contributed by atoms with Crippen LogP contribution in [-0.4, -0.2) is 39.7 Å². The van der Waals surface area contributed by atoms with Crippen molar-refractivity contribution < 1.29 is 17.9 Å². The van der Waals surface area contributed by atoms with E-state index < -0.39 is 15.6 Å². The SMILES string of the molecule is Cc1ccc(S(C)(=O)=O)cc1NC1COC(C)(C)OC1. The van der Waals surface area contributed by atoms with Gasteiger partial charge in [0.05, 0.1) is 24.2 Å². The van der Waals surface area contributed by atoms with Crippen molar-refractivity contribution in [2.45, 2.75) is 37.5 Å². The standard InChI is InChI=1S/C14H21NO4S/c1-10-5-6-12(20(4,16)17)7-13(10)15-11-8-18-14(2,3)19-9-11/h5-7,11,15H,8-9H2,1-4H3. The number of ether oxygens (including phenoxy) is 2. The van der Waals surface area contributed by atoms with Crippen LogP contribution in [0.4, 0.5) is 5.69 Å². The summed E-state index contributed by atoms with van der Waals surface area (Å²) in [5.41, 5.74) is 1.78. The van der Waals surface area contributed by atoms with Gasteiger partial charge in [-0.1, -0.05) is 6.07 Å². The third-order valence-electron chi connectivity index (χ3n) is 3.26. The van der Waals surface area contributed by atoms with Crippen LogP contribution in [0.2, 0.25) is 0 Å². The molecule has 1 N–H and O–H groups in total. The van der Waals surface area contributed by atoms with E-state index in [0.717, 1.165) is 11.3 Å². The second-order valence-corrected chi connectivity index (χ2v) is 7.63. The molecule has 1 heterocycles. The van der Waals surface area contributed by atoms with Gasteiger partial charge in [0.25, 0.3) is 0 Å². The molecule has 1 aliphatic heterocycles. The van der Waals surface area contributed by atoms with Crippen LogP contribution < -0.4 is 5.32 Å². The molecular formula is C14H21NO4S. The first-order valence-corrected chi connectivity index (χ1v) is 8.42. The largest absolute Gasteiger partial charge is 0.377 e. The predicted molar refractivity (Wildman–Crippen MR) is 77.7 cm³/mol. The van der Waals surface area contributed by atoms with E-state index in [1.165, 1.54) is 6.26 Å². The van der Waals surface area contributed by atoms with Gasteiger partial charge in [-0.25, -0.2) is 8.42 Å². The Morgan fingerprint density at radius 1 is 1.25 bits per heavy atom. The highest BCUT2D eigenvalue weighted by atomic mass is 32.2. The minimum Gasteiger partial charge on any atom is -0.377 e. The zero-order valence-electron chi connectivity index (χ0n) is 12.3. The van der Waals surface area contributed by atoms with Crippen molar-refractivity contribution in [3.63, 3.8) is 0 Å². The fourth-order valence-electron chi connectivity index (χ4n) is 1.98. The molecule has 0 bridgehead atoms. The molecule has 2 rings (SSSR count). The maximum absolute atomic E-state index is 11.6. The molecule has 0 radical (unpaired) electrons. The molecule has 6 heteroatoms. The number of aryl methyl sites for hydroxylation is 1. The molecule has 1 aliphatic rings. The van der Waals surface area contributed by atoms with Gasteiger partial charge >= 0.3 is 0 Å². The van der Waals surface area contributed by atoms with E-state index in [4.69, 9.17) is 9.47 Å². The number of nitrogens with one attached hydrogen (secondary N) is 1. The van der Waals surface area contributed by atoms with E-state index >= 15 is 0 Å². The lowest BCUT2D eigenvalue weighted by Crippen LogP contribution is -2.45. The van der Waals surface area contributed by atoms with E-state index in [0.29, 0.717) is 18.1 Å². The van der Waals surface area contributed by atoms with E-state index in [9.17, 15) is 8.42 Å². The van der Waals surface area contributed by atoms with Crippen molar-refractivity contribution in [1.82, 2.24) is 0 Å². The van der Waals surface area contributed by atoms with Gasteiger partial charge in [-0.15, -0.1) is 0 Å². The molecular weight excluding hydrogens is 278 g/mol. The Balaban J connectivity index is 2.14. The van der Waals surface area contributed by atoms with Gasteiger partial charge in [0, 0.05) is 11.9 Å². The van der Waals surface area contributed by atoms with Crippen LogP contribution in [0, 0.1) is 6.92 Å². The van der Waals surface area contributed by atoms with Crippen LogP contribution in [-0.2, 0) is 19.3 Å². The summed E-state index contributed by atoms with van der Waals surface area (Å²) in [6, 6.07) is 5.08. The number of sulfone groups is 1. The van der Waals surface area contributed by atoms with E-state index in [2.05, 4.69) is 5.32 Å². The minimum absolute atomic E-state index is 0.0107.